The van der Waals surface area contributed by atoms with E-state index in [1.807, 2.05) is 18.2 Å². The topological polar surface area (TPSA) is 108 Å². The Balaban J connectivity index is 1.35. The van der Waals surface area contributed by atoms with Gasteiger partial charge < -0.3 is 24.3 Å². The van der Waals surface area contributed by atoms with E-state index in [0.29, 0.717) is 25.1 Å². The summed E-state index contributed by atoms with van der Waals surface area (Å²) in [6, 6.07) is 7.86. The maximum absolute atomic E-state index is 6.36. The number of ether oxygens (including phenoxy) is 1. The SMILES string of the molecule is CN1CCC(c2cc3nc(Nc4cc(-c5ccncc5)n[nH]4)nc(N4CCOCC4)c3o2)C1. The fraction of sp³-hybridized carbons (Fsp3) is 0.391. The fourth-order valence-electron chi connectivity index (χ4n) is 4.52. The number of likely N-dealkylation sites (N-methyl/N-ethyl adjacent to an activating group) is 1. The highest BCUT2D eigenvalue weighted by Crippen LogP contribution is 2.35. The van der Waals surface area contributed by atoms with E-state index >= 15 is 0 Å². The van der Waals surface area contributed by atoms with Crippen molar-refractivity contribution >= 4 is 28.7 Å². The van der Waals surface area contributed by atoms with Gasteiger partial charge in [0.15, 0.2) is 11.4 Å². The summed E-state index contributed by atoms with van der Waals surface area (Å²) in [6.07, 6.45) is 4.59. The van der Waals surface area contributed by atoms with Crippen LogP contribution in [0, 0.1) is 0 Å². The lowest BCUT2D eigenvalue weighted by Gasteiger charge is -2.27. The minimum absolute atomic E-state index is 0.383. The zero-order valence-electron chi connectivity index (χ0n) is 18.5. The molecule has 0 saturated carbocycles. The van der Waals surface area contributed by atoms with E-state index in [2.05, 4.69) is 43.4 Å². The molecule has 170 valence electrons. The second-order valence-electron chi connectivity index (χ2n) is 8.61. The number of nitrogens with one attached hydrogen (secondary N) is 2. The normalized spacial score (nSPS) is 19.4. The first kappa shape index (κ1) is 20.1. The number of H-pyrrole nitrogens is 1. The molecule has 2 saturated heterocycles. The third-order valence-electron chi connectivity index (χ3n) is 6.28. The molecule has 1 atom stereocenters. The number of furan rings is 1. The number of likely N-dealkylation sites (tertiary alicyclic amines) is 1. The summed E-state index contributed by atoms with van der Waals surface area (Å²) in [5, 5.41) is 10.7. The van der Waals surface area contributed by atoms with E-state index in [-0.39, 0.29) is 0 Å². The molecule has 1 unspecified atom stereocenters. The summed E-state index contributed by atoms with van der Waals surface area (Å²) in [7, 11) is 2.15. The Bertz CT molecular complexity index is 1250. The summed E-state index contributed by atoms with van der Waals surface area (Å²) in [5.41, 5.74) is 3.37. The highest BCUT2D eigenvalue weighted by atomic mass is 16.5. The van der Waals surface area contributed by atoms with Crippen LogP contribution in [0.5, 0.6) is 0 Å². The molecule has 6 heterocycles. The number of hydrogen-bond acceptors (Lipinski definition) is 9. The van der Waals surface area contributed by atoms with Gasteiger partial charge >= 0.3 is 0 Å². The molecule has 0 amide bonds. The Kier molecular flexibility index (Phi) is 5.16. The molecule has 0 spiro atoms. The molecular formula is C23H26N8O2. The number of aromatic amines is 1. The number of morpholine rings is 1. The molecule has 0 aliphatic carbocycles. The molecule has 10 nitrogen and oxygen atoms in total. The van der Waals surface area contributed by atoms with Gasteiger partial charge in [0.25, 0.3) is 0 Å². The Morgan fingerprint density at radius 1 is 1.09 bits per heavy atom. The highest BCUT2D eigenvalue weighted by Gasteiger charge is 2.27. The Hall–Kier alpha value is -3.50. The van der Waals surface area contributed by atoms with Gasteiger partial charge in [-0.1, -0.05) is 0 Å². The van der Waals surface area contributed by atoms with Crippen molar-refractivity contribution in [3.63, 3.8) is 0 Å². The molecule has 0 aromatic carbocycles. The molecule has 33 heavy (non-hydrogen) atoms. The van der Waals surface area contributed by atoms with E-state index in [1.54, 1.807) is 12.4 Å². The summed E-state index contributed by atoms with van der Waals surface area (Å²) in [4.78, 5) is 18.2. The van der Waals surface area contributed by atoms with Gasteiger partial charge in [0.05, 0.1) is 18.9 Å². The standard InChI is InChI=1S/C23H26N8O2/c1-30-7-4-16(14-30)19-12-18-21(33-19)22(31-8-10-32-11-9-31)27-23(25-18)26-20-13-17(28-29-20)15-2-5-24-6-3-15/h2-3,5-6,12-13,16H,4,7-11,14H2,1H3,(H2,25,26,27,28,29). The van der Waals surface area contributed by atoms with Gasteiger partial charge in [0.2, 0.25) is 5.95 Å². The Morgan fingerprint density at radius 2 is 1.94 bits per heavy atom. The Labute approximate surface area is 191 Å². The van der Waals surface area contributed by atoms with Gasteiger partial charge in [-0.25, -0.2) is 4.98 Å². The first-order valence-electron chi connectivity index (χ1n) is 11.3. The molecule has 2 aliphatic rings. The number of hydrogen-bond donors (Lipinski definition) is 2. The first-order valence-corrected chi connectivity index (χ1v) is 11.3. The summed E-state index contributed by atoms with van der Waals surface area (Å²) >= 11 is 0. The summed E-state index contributed by atoms with van der Waals surface area (Å²) < 4.78 is 11.9. The lowest BCUT2D eigenvalue weighted by molar-refractivity contribution is 0.122. The zero-order valence-corrected chi connectivity index (χ0v) is 18.5. The van der Waals surface area contributed by atoms with Crippen molar-refractivity contribution < 1.29 is 9.15 Å². The van der Waals surface area contributed by atoms with E-state index in [0.717, 1.165) is 72.4 Å². The van der Waals surface area contributed by atoms with Gasteiger partial charge in [-0.2, -0.15) is 10.1 Å². The number of rotatable bonds is 5. The van der Waals surface area contributed by atoms with Gasteiger partial charge in [0, 0.05) is 55.6 Å². The largest absolute Gasteiger partial charge is 0.455 e. The fourth-order valence-corrected chi connectivity index (χ4v) is 4.52. The number of anilines is 3. The van der Waals surface area contributed by atoms with Crippen molar-refractivity contribution in [2.24, 2.45) is 0 Å². The first-order chi connectivity index (χ1) is 16.2. The number of nitrogens with zero attached hydrogens (tertiary/aromatic N) is 6. The molecule has 4 aromatic heterocycles. The smallest absolute Gasteiger partial charge is 0.231 e. The molecular weight excluding hydrogens is 420 g/mol. The average Bonchev–Trinajstić information content (AvgIpc) is 3.59. The van der Waals surface area contributed by atoms with Crippen LogP contribution in [0.4, 0.5) is 17.6 Å². The van der Waals surface area contributed by atoms with Crippen LogP contribution in [0.15, 0.2) is 41.1 Å². The molecule has 6 rings (SSSR count). The van der Waals surface area contributed by atoms with Crippen LogP contribution in [0.2, 0.25) is 0 Å². The van der Waals surface area contributed by atoms with Crippen LogP contribution in [0.1, 0.15) is 18.1 Å². The van der Waals surface area contributed by atoms with Gasteiger partial charge in [-0.15, -0.1) is 0 Å². The molecule has 10 heteroatoms. The van der Waals surface area contributed by atoms with Crippen LogP contribution in [0.3, 0.4) is 0 Å². The highest BCUT2D eigenvalue weighted by molar-refractivity contribution is 5.86. The Morgan fingerprint density at radius 3 is 2.73 bits per heavy atom. The van der Waals surface area contributed by atoms with Crippen LogP contribution in [0.25, 0.3) is 22.4 Å². The molecule has 2 fully saturated rings. The van der Waals surface area contributed by atoms with Gasteiger partial charge in [-0.05, 0) is 32.1 Å². The van der Waals surface area contributed by atoms with Gasteiger partial charge in [0.1, 0.15) is 17.1 Å². The monoisotopic (exact) mass is 446 g/mol. The molecule has 4 aromatic rings. The summed E-state index contributed by atoms with van der Waals surface area (Å²) in [5.74, 6) is 3.39. The van der Waals surface area contributed by atoms with Crippen LogP contribution >= 0.6 is 0 Å². The van der Waals surface area contributed by atoms with E-state index in [4.69, 9.17) is 19.1 Å². The van der Waals surface area contributed by atoms with Crippen LogP contribution < -0.4 is 10.2 Å². The quantitative estimate of drug-likeness (QED) is 0.478. The molecule has 0 radical (unpaired) electrons. The predicted octanol–water partition coefficient (Wildman–Crippen LogP) is 3.01. The van der Waals surface area contributed by atoms with Crippen molar-refractivity contribution in [3.8, 4) is 11.3 Å². The van der Waals surface area contributed by atoms with E-state index in [9.17, 15) is 0 Å². The van der Waals surface area contributed by atoms with E-state index in [1.165, 1.54) is 0 Å². The third kappa shape index (κ3) is 4.03. The predicted molar refractivity (Wildman–Crippen MR) is 125 cm³/mol. The minimum Gasteiger partial charge on any atom is -0.455 e. The lowest BCUT2D eigenvalue weighted by Crippen LogP contribution is -2.37. The molecule has 2 N–H and O–H groups in total. The number of pyridine rings is 1. The minimum atomic E-state index is 0.383. The number of aromatic nitrogens is 5. The number of fused-ring (bicyclic) bond motifs is 1. The molecule has 2 aliphatic heterocycles. The van der Waals surface area contributed by atoms with Crippen molar-refractivity contribution in [2.45, 2.75) is 12.3 Å². The second-order valence-corrected chi connectivity index (χ2v) is 8.61. The van der Waals surface area contributed by atoms with Crippen LogP contribution in [-0.2, 0) is 4.74 Å². The van der Waals surface area contributed by atoms with Crippen molar-refractivity contribution in [1.82, 2.24) is 30.0 Å². The van der Waals surface area contributed by atoms with Crippen molar-refractivity contribution in [1.29, 1.82) is 0 Å². The van der Waals surface area contributed by atoms with Crippen molar-refractivity contribution in [2.75, 3.05) is 56.7 Å². The molecule has 0 bridgehead atoms. The zero-order chi connectivity index (χ0) is 22.2. The van der Waals surface area contributed by atoms with E-state index < -0.39 is 0 Å². The third-order valence-corrected chi connectivity index (χ3v) is 6.28. The second kappa shape index (κ2) is 8.45. The van der Waals surface area contributed by atoms with Crippen molar-refractivity contribution in [3.05, 3.63) is 42.4 Å². The lowest BCUT2D eigenvalue weighted by atomic mass is 10.1. The van der Waals surface area contributed by atoms with Gasteiger partial charge in [-0.3, -0.25) is 10.1 Å². The van der Waals surface area contributed by atoms with Crippen LogP contribution in [-0.4, -0.2) is 76.5 Å². The maximum atomic E-state index is 6.36. The summed E-state index contributed by atoms with van der Waals surface area (Å²) in [6.45, 7) is 4.96. The maximum Gasteiger partial charge on any atom is 0.231 e. The average molecular weight is 447 g/mol.